The Balaban J connectivity index is 1.42. The van der Waals surface area contributed by atoms with Crippen LogP contribution in [0.25, 0.3) is 10.9 Å². The minimum atomic E-state index is -1.17. The van der Waals surface area contributed by atoms with Crippen molar-refractivity contribution in [1.82, 2.24) is 4.98 Å². The largest absolute Gasteiger partial charge is 0.489 e. The average Bonchev–Trinajstić information content (AvgIpc) is 2.85. The number of aromatic nitrogens is 1. The standard InChI is InChI=1S/C26H21NO7/c28-25(29)16-34-24-12-18(26(30)31)8-9-19(24)14-32-21-5-3-6-22(13-21)33-15-20-11-10-17-4-1-2-7-23(17)27-20/h1-13H,14-16H2,(H,28,29)(H,30,31). The van der Waals surface area contributed by atoms with Crippen molar-refractivity contribution in [3.8, 4) is 17.2 Å². The fourth-order valence-electron chi connectivity index (χ4n) is 3.24. The highest BCUT2D eigenvalue weighted by Gasteiger charge is 2.12. The fourth-order valence-corrected chi connectivity index (χ4v) is 3.24. The molecule has 0 atom stereocenters. The molecule has 0 unspecified atom stereocenters. The number of nitrogens with zero attached hydrogens (tertiary/aromatic N) is 1. The van der Waals surface area contributed by atoms with Crippen LogP contribution in [0.1, 0.15) is 21.6 Å². The molecule has 8 nitrogen and oxygen atoms in total. The minimum Gasteiger partial charge on any atom is -0.489 e. The predicted octanol–water partition coefficient (Wildman–Crippen LogP) is 4.55. The molecule has 0 radical (unpaired) electrons. The van der Waals surface area contributed by atoms with Crippen LogP contribution in [0, 0.1) is 0 Å². The Hall–Kier alpha value is -4.59. The van der Waals surface area contributed by atoms with Gasteiger partial charge in [0.15, 0.2) is 6.61 Å². The van der Waals surface area contributed by atoms with Crippen molar-refractivity contribution >= 4 is 22.8 Å². The summed E-state index contributed by atoms with van der Waals surface area (Å²) in [5.41, 5.74) is 2.19. The minimum absolute atomic E-state index is 0.0122. The maximum absolute atomic E-state index is 11.2. The maximum Gasteiger partial charge on any atom is 0.341 e. The van der Waals surface area contributed by atoms with Crippen molar-refractivity contribution in [2.45, 2.75) is 13.2 Å². The summed E-state index contributed by atoms with van der Waals surface area (Å²) in [5.74, 6) is -1.06. The molecule has 0 bridgehead atoms. The number of carboxylic acids is 2. The smallest absolute Gasteiger partial charge is 0.341 e. The van der Waals surface area contributed by atoms with E-state index >= 15 is 0 Å². The molecule has 0 aliphatic heterocycles. The summed E-state index contributed by atoms with van der Waals surface area (Å²) in [6.07, 6.45) is 0. The normalized spacial score (nSPS) is 10.6. The van der Waals surface area contributed by atoms with Gasteiger partial charge in [-0.25, -0.2) is 14.6 Å². The molecule has 0 spiro atoms. The molecule has 0 saturated heterocycles. The lowest BCUT2D eigenvalue weighted by Crippen LogP contribution is -2.12. The van der Waals surface area contributed by atoms with E-state index in [2.05, 4.69) is 4.98 Å². The zero-order valence-corrected chi connectivity index (χ0v) is 18.0. The van der Waals surface area contributed by atoms with Gasteiger partial charge in [0.1, 0.15) is 30.5 Å². The van der Waals surface area contributed by atoms with Gasteiger partial charge in [0.25, 0.3) is 0 Å². The summed E-state index contributed by atoms with van der Waals surface area (Å²) in [6, 6.07) is 23.1. The van der Waals surface area contributed by atoms with E-state index in [4.69, 9.17) is 19.3 Å². The van der Waals surface area contributed by atoms with Crippen molar-refractivity contribution in [3.63, 3.8) is 0 Å². The van der Waals surface area contributed by atoms with Gasteiger partial charge in [-0.2, -0.15) is 0 Å². The number of aromatic carboxylic acids is 1. The van der Waals surface area contributed by atoms with E-state index < -0.39 is 18.5 Å². The monoisotopic (exact) mass is 459 g/mol. The molecule has 4 aromatic rings. The summed E-state index contributed by atoms with van der Waals surface area (Å²) in [7, 11) is 0. The van der Waals surface area contributed by atoms with Gasteiger partial charge in [-0.1, -0.05) is 36.4 Å². The summed E-state index contributed by atoms with van der Waals surface area (Å²) in [6.45, 7) is -0.259. The van der Waals surface area contributed by atoms with Gasteiger partial charge in [0.05, 0.1) is 16.8 Å². The summed E-state index contributed by atoms with van der Waals surface area (Å²) >= 11 is 0. The van der Waals surface area contributed by atoms with Gasteiger partial charge in [-0.15, -0.1) is 0 Å². The molecule has 1 aromatic heterocycles. The number of benzene rings is 3. The van der Waals surface area contributed by atoms with Crippen molar-refractivity contribution in [2.24, 2.45) is 0 Å². The van der Waals surface area contributed by atoms with E-state index in [1.165, 1.54) is 18.2 Å². The Morgan fingerprint density at radius 2 is 1.53 bits per heavy atom. The molecule has 0 aliphatic rings. The number of rotatable bonds is 10. The zero-order chi connectivity index (χ0) is 23.9. The van der Waals surface area contributed by atoms with Gasteiger partial charge >= 0.3 is 11.9 Å². The van der Waals surface area contributed by atoms with Crippen LogP contribution in [0.15, 0.2) is 78.9 Å². The van der Waals surface area contributed by atoms with Crippen LogP contribution in [0.2, 0.25) is 0 Å². The van der Waals surface area contributed by atoms with E-state index in [1.54, 1.807) is 24.3 Å². The van der Waals surface area contributed by atoms with Gasteiger partial charge in [-0.05, 0) is 36.4 Å². The SMILES string of the molecule is O=C(O)COc1cc(C(=O)O)ccc1COc1cccc(OCc2ccc3ccccc3n2)c1. The lowest BCUT2D eigenvalue weighted by Gasteiger charge is -2.13. The fraction of sp³-hybridized carbons (Fsp3) is 0.115. The topological polar surface area (TPSA) is 115 Å². The first kappa shape index (κ1) is 22.6. The van der Waals surface area contributed by atoms with E-state index in [1.807, 2.05) is 36.4 Å². The van der Waals surface area contributed by atoms with Gasteiger partial charge in [0.2, 0.25) is 0 Å². The number of pyridine rings is 1. The third-order valence-electron chi connectivity index (χ3n) is 4.91. The molecule has 0 aliphatic carbocycles. The maximum atomic E-state index is 11.2. The summed E-state index contributed by atoms with van der Waals surface area (Å²) in [4.78, 5) is 26.7. The number of hydrogen-bond acceptors (Lipinski definition) is 6. The molecule has 8 heteroatoms. The Kier molecular flexibility index (Phi) is 6.88. The molecule has 0 amide bonds. The first-order valence-electron chi connectivity index (χ1n) is 10.4. The average molecular weight is 459 g/mol. The lowest BCUT2D eigenvalue weighted by molar-refractivity contribution is -0.139. The van der Waals surface area contributed by atoms with Crippen LogP contribution in [0.4, 0.5) is 0 Å². The number of para-hydroxylation sites is 1. The number of carbonyl (C=O) groups is 2. The molecule has 172 valence electrons. The number of hydrogen-bond donors (Lipinski definition) is 2. The summed E-state index contributed by atoms with van der Waals surface area (Å²) in [5, 5.41) is 19.1. The van der Waals surface area contributed by atoms with Crippen LogP contribution in [-0.2, 0) is 18.0 Å². The first-order valence-corrected chi connectivity index (χ1v) is 10.4. The number of carboxylic acid groups (broad SMARTS) is 2. The van der Waals surface area contributed by atoms with E-state index in [0.29, 0.717) is 17.1 Å². The second-order valence-electron chi connectivity index (χ2n) is 7.36. The van der Waals surface area contributed by atoms with E-state index in [9.17, 15) is 14.7 Å². The highest BCUT2D eigenvalue weighted by atomic mass is 16.5. The van der Waals surface area contributed by atoms with Crippen LogP contribution in [0.3, 0.4) is 0 Å². The molecule has 1 heterocycles. The van der Waals surface area contributed by atoms with Crippen molar-refractivity contribution < 1.29 is 34.0 Å². The zero-order valence-electron chi connectivity index (χ0n) is 18.0. The van der Waals surface area contributed by atoms with Crippen LogP contribution >= 0.6 is 0 Å². The van der Waals surface area contributed by atoms with Crippen LogP contribution < -0.4 is 14.2 Å². The number of ether oxygens (including phenoxy) is 3. The van der Waals surface area contributed by atoms with Crippen molar-refractivity contribution in [3.05, 3.63) is 95.7 Å². The first-order chi connectivity index (χ1) is 16.5. The molecular weight excluding hydrogens is 438 g/mol. The van der Waals surface area contributed by atoms with E-state index in [0.717, 1.165) is 16.6 Å². The molecule has 34 heavy (non-hydrogen) atoms. The number of aliphatic carboxylic acids is 1. The van der Waals surface area contributed by atoms with Gasteiger partial charge in [-0.3, -0.25) is 0 Å². The Labute approximate surface area is 195 Å². The lowest BCUT2D eigenvalue weighted by atomic mass is 10.1. The third-order valence-corrected chi connectivity index (χ3v) is 4.91. The molecule has 0 fully saturated rings. The highest BCUT2D eigenvalue weighted by molar-refractivity contribution is 5.88. The second kappa shape index (κ2) is 10.4. The Morgan fingerprint density at radius 1 is 0.765 bits per heavy atom. The quantitative estimate of drug-likeness (QED) is 0.355. The van der Waals surface area contributed by atoms with Crippen molar-refractivity contribution in [2.75, 3.05) is 6.61 Å². The van der Waals surface area contributed by atoms with E-state index in [-0.39, 0.29) is 24.5 Å². The van der Waals surface area contributed by atoms with Gasteiger partial charge in [0, 0.05) is 17.0 Å². The Bertz CT molecular complexity index is 1340. The third kappa shape index (κ3) is 5.80. The predicted molar refractivity (Wildman–Crippen MR) is 123 cm³/mol. The second-order valence-corrected chi connectivity index (χ2v) is 7.36. The number of fused-ring (bicyclic) bond motifs is 1. The van der Waals surface area contributed by atoms with Crippen LogP contribution in [0.5, 0.6) is 17.2 Å². The molecule has 2 N–H and O–H groups in total. The highest BCUT2D eigenvalue weighted by Crippen LogP contribution is 2.25. The molecular formula is C26H21NO7. The Morgan fingerprint density at radius 3 is 2.29 bits per heavy atom. The molecule has 0 saturated carbocycles. The summed E-state index contributed by atoms with van der Waals surface area (Å²) < 4.78 is 16.9. The molecule has 3 aromatic carbocycles. The van der Waals surface area contributed by atoms with Gasteiger partial charge < -0.3 is 24.4 Å². The molecule has 4 rings (SSSR count). The van der Waals surface area contributed by atoms with Crippen molar-refractivity contribution in [1.29, 1.82) is 0 Å². The van der Waals surface area contributed by atoms with Crippen LogP contribution in [-0.4, -0.2) is 33.7 Å².